The lowest BCUT2D eigenvalue weighted by Crippen LogP contribution is -2.17. The molecule has 20 heavy (non-hydrogen) atoms. The molecule has 0 bridgehead atoms. The van der Waals surface area contributed by atoms with Gasteiger partial charge in [0.2, 0.25) is 0 Å². The second kappa shape index (κ2) is 8.47. The summed E-state index contributed by atoms with van der Waals surface area (Å²) in [6.45, 7) is 4.51. The molecule has 1 N–H and O–H groups in total. The maximum absolute atomic E-state index is 6.12. The fourth-order valence-corrected chi connectivity index (χ4v) is 2.51. The number of ether oxygens (including phenoxy) is 3. The van der Waals surface area contributed by atoms with Crippen molar-refractivity contribution >= 4 is 11.6 Å². The Kier molecular flexibility index (Phi) is 6.60. The van der Waals surface area contributed by atoms with E-state index in [2.05, 4.69) is 5.32 Å². The number of halogens is 1. The maximum Gasteiger partial charge on any atom is 0.127 e. The molecule has 0 radical (unpaired) electrons. The Balaban J connectivity index is 1.67. The molecule has 1 aromatic rings. The molecule has 1 aliphatic rings. The monoisotopic (exact) mass is 299 g/mol. The van der Waals surface area contributed by atoms with Crippen molar-refractivity contribution in [3.8, 4) is 5.75 Å². The molecule has 1 aromatic carbocycles. The Morgan fingerprint density at radius 3 is 3.05 bits per heavy atom. The fourth-order valence-electron chi connectivity index (χ4n) is 2.24. The molecule has 0 aliphatic carbocycles. The number of rotatable bonds is 9. The van der Waals surface area contributed by atoms with Crippen LogP contribution in [0.3, 0.4) is 0 Å². The third-order valence-corrected chi connectivity index (χ3v) is 3.43. The van der Waals surface area contributed by atoms with E-state index >= 15 is 0 Å². The second-order valence-electron chi connectivity index (χ2n) is 4.79. The van der Waals surface area contributed by atoms with Crippen LogP contribution in [0.4, 0.5) is 0 Å². The van der Waals surface area contributed by atoms with Gasteiger partial charge in [-0.2, -0.15) is 0 Å². The van der Waals surface area contributed by atoms with Crippen LogP contribution in [0.1, 0.15) is 17.5 Å². The third-order valence-electron chi connectivity index (χ3n) is 3.21. The van der Waals surface area contributed by atoms with Crippen molar-refractivity contribution in [2.75, 3.05) is 40.1 Å². The lowest BCUT2D eigenvalue weighted by molar-refractivity contribution is 0.0694. The minimum atomic E-state index is 0.652. The Hall–Kier alpha value is -0.810. The number of methoxy groups -OCH3 is 1. The minimum Gasteiger partial charge on any atom is -0.493 e. The van der Waals surface area contributed by atoms with Gasteiger partial charge in [0.25, 0.3) is 0 Å². The molecule has 1 aliphatic heterocycles. The molecule has 1 heterocycles. The van der Waals surface area contributed by atoms with Crippen LogP contribution in [0.5, 0.6) is 5.75 Å². The maximum atomic E-state index is 6.12. The number of fused-ring (bicyclic) bond motifs is 1. The summed E-state index contributed by atoms with van der Waals surface area (Å²) < 4.78 is 16.0. The van der Waals surface area contributed by atoms with Crippen LogP contribution >= 0.6 is 11.6 Å². The predicted molar refractivity (Wildman–Crippen MR) is 79.7 cm³/mol. The van der Waals surface area contributed by atoms with Crippen LogP contribution in [0.15, 0.2) is 12.1 Å². The van der Waals surface area contributed by atoms with Gasteiger partial charge in [-0.1, -0.05) is 11.6 Å². The van der Waals surface area contributed by atoms with E-state index in [9.17, 15) is 0 Å². The topological polar surface area (TPSA) is 39.7 Å². The van der Waals surface area contributed by atoms with Gasteiger partial charge in [0.1, 0.15) is 5.75 Å². The molecule has 0 saturated heterocycles. The van der Waals surface area contributed by atoms with E-state index in [-0.39, 0.29) is 0 Å². The molecular formula is C15H22ClNO3. The zero-order valence-corrected chi connectivity index (χ0v) is 12.7. The zero-order chi connectivity index (χ0) is 14.2. The lowest BCUT2D eigenvalue weighted by atomic mass is 10.1. The first-order valence-electron chi connectivity index (χ1n) is 7.02. The lowest BCUT2D eigenvalue weighted by Gasteiger charge is -2.10. The van der Waals surface area contributed by atoms with Gasteiger partial charge in [-0.15, -0.1) is 0 Å². The van der Waals surface area contributed by atoms with Gasteiger partial charge in [-0.05, 0) is 30.7 Å². The van der Waals surface area contributed by atoms with Crippen molar-refractivity contribution in [3.05, 3.63) is 28.3 Å². The molecule has 0 unspecified atom stereocenters. The average Bonchev–Trinajstić information content (AvgIpc) is 2.89. The van der Waals surface area contributed by atoms with Crippen molar-refractivity contribution in [1.29, 1.82) is 0 Å². The molecule has 5 heteroatoms. The summed E-state index contributed by atoms with van der Waals surface area (Å²) in [4.78, 5) is 0. The normalized spacial score (nSPS) is 13.3. The molecule has 0 fully saturated rings. The summed E-state index contributed by atoms with van der Waals surface area (Å²) in [7, 11) is 1.68. The SMILES string of the molecule is COCCOCCCNCc1cc(Cl)cc2c1OCC2. The van der Waals surface area contributed by atoms with Gasteiger partial charge in [-0.3, -0.25) is 0 Å². The van der Waals surface area contributed by atoms with Crippen molar-refractivity contribution < 1.29 is 14.2 Å². The largest absolute Gasteiger partial charge is 0.493 e. The molecule has 0 atom stereocenters. The quantitative estimate of drug-likeness (QED) is 0.711. The molecular weight excluding hydrogens is 278 g/mol. The van der Waals surface area contributed by atoms with E-state index in [0.29, 0.717) is 13.2 Å². The summed E-state index contributed by atoms with van der Waals surface area (Å²) in [5, 5.41) is 4.19. The molecule has 0 aromatic heterocycles. The zero-order valence-electron chi connectivity index (χ0n) is 11.9. The number of hydrogen-bond acceptors (Lipinski definition) is 4. The average molecular weight is 300 g/mol. The van der Waals surface area contributed by atoms with Gasteiger partial charge < -0.3 is 19.5 Å². The van der Waals surface area contributed by atoms with Crippen molar-refractivity contribution in [2.45, 2.75) is 19.4 Å². The second-order valence-corrected chi connectivity index (χ2v) is 5.22. The van der Waals surface area contributed by atoms with Gasteiger partial charge >= 0.3 is 0 Å². The molecule has 2 rings (SSSR count). The first kappa shape index (κ1) is 15.6. The van der Waals surface area contributed by atoms with E-state index in [1.807, 2.05) is 12.1 Å². The summed E-state index contributed by atoms with van der Waals surface area (Å²) in [6, 6.07) is 3.98. The van der Waals surface area contributed by atoms with Crippen LogP contribution in [0.25, 0.3) is 0 Å². The summed E-state index contributed by atoms with van der Waals surface area (Å²) in [6.07, 6.45) is 1.93. The molecule has 0 spiro atoms. The van der Waals surface area contributed by atoms with Gasteiger partial charge in [0.15, 0.2) is 0 Å². The predicted octanol–water partition coefficient (Wildman–Crippen LogP) is 2.42. The smallest absolute Gasteiger partial charge is 0.127 e. The third kappa shape index (κ3) is 4.63. The summed E-state index contributed by atoms with van der Waals surface area (Å²) >= 11 is 6.12. The first-order chi connectivity index (χ1) is 9.81. The van der Waals surface area contributed by atoms with Gasteiger partial charge in [0, 0.05) is 37.3 Å². The number of benzene rings is 1. The van der Waals surface area contributed by atoms with Gasteiger partial charge in [0.05, 0.1) is 19.8 Å². The number of hydrogen-bond donors (Lipinski definition) is 1. The fraction of sp³-hybridized carbons (Fsp3) is 0.600. The molecule has 4 nitrogen and oxygen atoms in total. The number of nitrogens with one attached hydrogen (secondary N) is 1. The standard InChI is InChI=1S/C15H22ClNO3/c1-18-7-8-19-5-2-4-17-11-13-10-14(16)9-12-3-6-20-15(12)13/h9-10,17H,2-8,11H2,1H3. The van der Waals surface area contributed by atoms with Crippen LogP contribution in [-0.4, -0.2) is 40.1 Å². The van der Waals surface area contributed by atoms with Crippen LogP contribution in [-0.2, 0) is 22.4 Å². The summed E-state index contributed by atoms with van der Waals surface area (Å²) in [5.41, 5.74) is 2.36. The molecule has 112 valence electrons. The van der Waals surface area contributed by atoms with E-state index in [1.54, 1.807) is 7.11 Å². The minimum absolute atomic E-state index is 0.652. The van der Waals surface area contributed by atoms with Crippen LogP contribution in [0.2, 0.25) is 5.02 Å². The first-order valence-corrected chi connectivity index (χ1v) is 7.40. The highest BCUT2D eigenvalue weighted by Crippen LogP contribution is 2.32. The summed E-state index contributed by atoms with van der Waals surface area (Å²) in [5.74, 6) is 1.01. The Labute approximate surface area is 125 Å². The van der Waals surface area contributed by atoms with Crippen LogP contribution in [0, 0.1) is 0 Å². The van der Waals surface area contributed by atoms with Crippen LogP contribution < -0.4 is 10.1 Å². The van der Waals surface area contributed by atoms with E-state index in [4.69, 9.17) is 25.8 Å². The van der Waals surface area contributed by atoms with Crippen molar-refractivity contribution in [1.82, 2.24) is 5.32 Å². The highest BCUT2D eigenvalue weighted by molar-refractivity contribution is 6.30. The van der Waals surface area contributed by atoms with E-state index < -0.39 is 0 Å². The van der Waals surface area contributed by atoms with E-state index in [1.165, 1.54) is 5.56 Å². The highest BCUT2D eigenvalue weighted by atomic mass is 35.5. The van der Waals surface area contributed by atoms with E-state index in [0.717, 1.165) is 55.5 Å². The van der Waals surface area contributed by atoms with Crippen molar-refractivity contribution in [3.63, 3.8) is 0 Å². The molecule has 0 amide bonds. The van der Waals surface area contributed by atoms with Crippen molar-refractivity contribution in [2.24, 2.45) is 0 Å². The molecule has 0 saturated carbocycles. The van der Waals surface area contributed by atoms with Gasteiger partial charge in [-0.25, -0.2) is 0 Å². The Morgan fingerprint density at radius 1 is 1.30 bits per heavy atom. The highest BCUT2D eigenvalue weighted by Gasteiger charge is 2.16. The Morgan fingerprint density at radius 2 is 2.20 bits per heavy atom. The Bertz CT molecular complexity index is 426.